The summed E-state index contributed by atoms with van der Waals surface area (Å²) in [4.78, 5) is 14.1. The predicted molar refractivity (Wildman–Crippen MR) is 129 cm³/mol. The topological polar surface area (TPSA) is 92.5 Å². The molecule has 33 heavy (non-hydrogen) atoms. The average Bonchev–Trinajstić information content (AvgIpc) is 3.24. The van der Waals surface area contributed by atoms with Crippen molar-refractivity contribution in [1.82, 2.24) is 9.46 Å². The van der Waals surface area contributed by atoms with E-state index in [1.807, 2.05) is 25.1 Å². The Balaban J connectivity index is 1.53. The van der Waals surface area contributed by atoms with Crippen molar-refractivity contribution < 1.29 is 17.7 Å². The molecule has 2 heterocycles. The molecule has 0 aliphatic carbocycles. The molecule has 0 spiro atoms. The zero-order chi connectivity index (χ0) is 23.4. The van der Waals surface area contributed by atoms with Gasteiger partial charge in [0.05, 0.1) is 16.2 Å². The summed E-state index contributed by atoms with van der Waals surface area (Å²) in [6.07, 6.45) is 2.79. The van der Waals surface area contributed by atoms with Crippen LogP contribution in [0.25, 0.3) is 0 Å². The van der Waals surface area contributed by atoms with Crippen LogP contribution in [-0.2, 0) is 15.8 Å². The molecule has 9 heteroatoms. The molecule has 1 aromatic heterocycles. The van der Waals surface area contributed by atoms with Gasteiger partial charge in [-0.25, -0.2) is 8.42 Å². The average molecular weight is 486 g/mol. The van der Waals surface area contributed by atoms with E-state index in [0.29, 0.717) is 35.7 Å². The third-order valence-corrected chi connectivity index (χ3v) is 8.71. The number of carbonyl (C=O) groups excluding carboxylic acids is 1. The molecule has 0 radical (unpaired) electrons. The minimum atomic E-state index is -3.60. The number of piperidine rings is 1. The highest BCUT2D eigenvalue weighted by Crippen LogP contribution is 2.29. The third kappa shape index (κ3) is 5.48. The summed E-state index contributed by atoms with van der Waals surface area (Å²) < 4.78 is 33.0. The predicted octanol–water partition coefficient (Wildman–Crippen LogP) is 5.01. The summed E-state index contributed by atoms with van der Waals surface area (Å²) in [5.74, 6) is 1.02. The van der Waals surface area contributed by atoms with Gasteiger partial charge >= 0.3 is 0 Å². The van der Waals surface area contributed by atoms with Crippen LogP contribution in [-0.4, -0.2) is 36.9 Å². The SMILES string of the molecule is Cc1cc(CSc2ccccc2C(=O)Nc2ccc(C)c(S(=O)(=O)N3CCCCC3)c2)no1. The number of amides is 1. The first kappa shape index (κ1) is 23.5. The molecule has 4 rings (SSSR count). The van der Waals surface area contributed by atoms with Crippen molar-refractivity contribution in [2.75, 3.05) is 18.4 Å². The summed E-state index contributed by atoms with van der Waals surface area (Å²) in [6, 6.07) is 14.2. The van der Waals surface area contributed by atoms with E-state index in [2.05, 4.69) is 10.5 Å². The third-order valence-electron chi connectivity index (χ3n) is 5.56. The Hall–Kier alpha value is -2.62. The van der Waals surface area contributed by atoms with Crippen molar-refractivity contribution in [2.24, 2.45) is 0 Å². The van der Waals surface area contributed by atoms with Crippen LogP contribution < -0.4 is 5.32 Å². The molecule has 1 aliphatic heterocycles. The van der Waals surface area contributed by atoms with Crippen molar-refractivity contribution in [3.05, 3.63) is 71.1 Å². The number of rotatable bonds is 7. The molecule has 0 saturated carbocycles. The van der Waals surface area contributed by atoms with Crippen LogP contribution in [0.5, 0.6) is 0 Å². The lowest BCUT2D eigenvalue weighted by atomic mass is 10.2. The van der Waals surface area contributed by atoms with Crippen LogP contribution in [0.1, 0.15) is 46.6 Å². The fourth-order valence-corrected chi connectivity index (χ4v) is 6.51. The minimum absolute atomic E-state index is 0.242. The number of sulfonamides is 1. The first-order valence-corrected chi connectivity index (χ1v) is 13.3. The van der Waals surface area contributed by atoms with Gasteiger partial charge in [-0.15, -0.1) is 11.8 Å². The zero-order valence-electron chi connectivity index (χ0n) is 18.7. The molecular weight excluding hydrogens is 458 g/mol. The Morgan fingerprint density at radius 2 is 1.85 bits per heavy atom. The Morgan fingerprint density at radius 1 is 1.09 bits per heavy atom. The van der Waals surface area contributed by atoms with E-state index in [1.54, 1.807) is 41.6 Å². The van der Waals surface area contributed by atoms with E-state index in [4.69, 9.17) is 4.52 Å². The van der Waals surface area contributed by atoms with Crippen LogP contribution in [0.15, 0.2) is 62.8 Å². The second-order valence-corrected chi connectivity index (χ2v) is 11.0. The van der Waals surface area contributed by atoms with Crippen molar-refractivity contribution >= 4 is 33.4 Å². The van der Waals surface area contributed by atoms with Crippen LogP contribution in [0.4, 0.5) is 5.69 Å². The minimum Gasteiger partial charge on any atom is -0.361 e. The quantitative estimate of drug-likeness (QED) is 0.473. The molecule has 1 aliphatic rings. The van der Waals surface area contributed by atoms with E-state index in [-0.39, 0.29) is 10.8 Å². The monoisotopic (exact) mass is 485 g/mol. The van der Waals surface area contributed by atoms with Crippen LogP contribution >= 0.6 is 11.8 Å². The number of nitrogens with zero attached hydrogens (tertiary/aromatic N) is 2. The summed E-state index contributed by atoms with van der Waals surface area (Å²) >= 11 is 1.50. The van der Waals surface area contributed by atoms with Gasteiger partial charge in [0.15, 0.2) is 0 Å². The fraction of sp³-hybridized carbons (Fsp3) is 0.333. The summed E-state index contributed by atoms with van der Waals surface area (Å²) in [5.41, 5.74) is 2.44. The highest BCUT2D eigenvalue weighted by molar-refractivity contribution is 7.98. The second kappa shape index (κ2) is 10.1. The van der Waals surface area contributed by atoms with Crippen molar-refractivity contribution in [2.45, 2.75) is 48.7 Å². The number of hydrogen-bond donors (Lipinski definition) is 1. The molecule has 2 aromatic carbocycles. The zero-order valence-corrected chi connectivity index (χ0v) is 20.3. The lowest BCUT2D eigenvalue weighted by molar-refractivity contribution is 0.102. The summed E-state index contributed by atoms with van der Waals surface area (Å²) in [6.45, 7) is 4.69. The van der Waals surface area contributed by atoms with E-state index in [9.17, 15) is 13.2 Å². The molecule has 1 N–H and O–H groups in total. The maximum atomic E-state index is 13.2. The molecule has 1 fully saturated rings. The number of nitrogens with one attached hydrogen (secondary N) is 1. The molecule has 174 valence electrons. The number of benzene rings is 2. The van der Waals surface area contributed by atoms with E-state index in [1.165, 1.54) is 11.8 Å². The first-order valence-electron chi connectivity index (χ1n) is 10.9. The van der Waals surface area contributed by atoms with Gasteiger partial charge in [0.2, 0.25) is 10.0 Å². The Labute approximate surface area is 198 Å². The lowest BCUT2D eigenvalue weighted by Gasteiger charge is -2.26. The van der Waals surface area contributed by atoms with E-state index < -0.39 is 10.0 Å². The smallest absolute Gasteiger partial charge is 0.256 e. The van der Waals surface area contributed by atoms with Gasteiger partial charge in [0.1, 0.15) is 5.76 Å². The van der Waals surface area contributed by atoms with Crippen molar-refractivity contribution in [3.63, 3.8) is 0 Å². The maximum Gasteiger partial charge on any atom is 0.256 e. The number of anilines is 1. The van der Waals surface area contributed by atoms with Crippen LogP contribution in [0.3, 0.4) is 0 Å². The van der Waals surface area contributed by atoms with Crippen LogP contribution in [0, 0.1) is 13.8 Å². The highest BCUT2D eigenvalue weighted by Gasteiger charge is 2.27. The molecule has 0 atom stereocenters. The normalized spacial score (nSPS) is 14.8. The number of carbonyl (C=O) groups is 1. The molecule has 3 aromatic rings. The maximum absolute atomic E-state index is 13.2. The van der Waals surface area contributed by atoms with Crippen molar-refractivity contribution in [3.8, 4) is 0 Å². The standard InChI is InChI=1S/C24H27N3O4S2/c1-17-10-11-19(15-23(17)33(29,30)27-12-6-3-7-13-27)25-24(28)21-8-4-5-9-22(21)32-16-20-14-18(2)31-26-20/h4-5,8-11,14-15H,3,6-7,12-13,16H2,1-2H3,(H,25,28). The molecule has 0 unspecified atom stereocenters. The largest absolute Gasteiger partial charge is 0.361 e. The fourth-order valence-electron chi connectivity index (χ4n) is 3.82. The molecule has 1 saturated heterocycles. The molecule has 0 bridgehead atoms. The van der Waals surface area contributed by atoms with Crippen molar-refractivity contribution in [1.29, 1.82) is 0 Å². The van der Waals surface area contributed by atoms with Crippen LogP contribution in [0.2, 0.25) is 0 Å². The first-order chi connectivity index (χ1) is 15.8. The van der Waals surface area contributed by atoms with E-state index in [0.717, 1.165) is 35.6 Å². The molecular formula is C24H27N3O4S2. The number of thioether (sulfide) groups is 1. The second-order valence-electron chi connectivity index (χ2n) is 8.11. The highest BCUT2D eigenvalue weighted by atomic mass is 32.2. The van der Waals surface area contributed by atoms with Gasteiger partial charge in [-0.1, -0.05) is 29.8 Å². The van der Waals surface area contributed by atoms with Gasteiger partial charge in [0, 0.05) is 35.5 Å². The molecule has 1 amide bonds. The van der Waals surface area contributed by atoms with E-state index >= 15 is 0 Å². The number of hydrogen-bond acceptors (Lipinski definition) is 6. The van der Waals surface area contributed by atoms with Gasteiger partial charge in [-0.3, -0.25) is 4.79 Å². The Bertz CT molecular complexity index is 1250. The number of aryl methyl sites for hydroxylation is 2. The lowest BCUT2D eigenvalue weighted by Crippen LogP contribution is -2.36. The van der Waals surface area contributed by atoms with Gasteiger partial charge in [-0.2, -0.15) is 4.31 Å². The summed E-state index contributed by atoms with van der Waals surface area (Å²) in [7, 11) is -3.60. The Kier molecular flexibility index (Phi) is 7.21. The van der Waals surface area contributed by atoms with Gasteiger partial charge in [-0.05, 0) is 56.5 Å². The van der Waals surface area contributed by atoms with Gasteiger partial charge < -0.3 is 9.84 Å². The Morgan fingerprint density at radius 3 is 2.58 bits per heavy atom. The molecule has 7 nitrogen and oxygen atoms in total. The number of aromatic nitrogens is 1. The summed E-state index contributed by atoms with van der Waals surface area (Å²) in [5, 5.41) is 6.87. The van der Waals surface area contributed by atoms with Gasteiger partial charge in [0.25, 0.3) is 5.91 Å².